The van der Waals surface area contributed by atoms with E-state index in [9.17, 15) is 19.3 Å². The number of carbonyl (C=O) groups is 1. The van der Waals surface area contributed by atoms with Crippen LogP contribution in [0.4, 0.5) is 15.8 Å². The standard InChI is InChI=1S/C17H15FN2O3/c1-11(14-4-2-3-5-15(14)18)19-16-8-7-13(20(22)23)10-12(16)6-9-17(19)21/h2-5,7-8,10-11H,6,9H2,1H3/t11-/m0/s1. The van der Waals surface area contributed by atoms with E-state index in [0.29, 0.717) is 17.7 Å². The van der Waals surface area contributed by atoms with Crippen molar-refractivity contribution in [2.75, 3.05) is 4.90 Å². The Morgan fingerprint density at radius 3 is 2.65 bits per heavy atom. The highest BCUT2D eigenvalue weighted by atomic mass is 19.1. The summed E-state index contributed by atoms with van der Waals surface area (Å²) in [7, 11) is 0. The lowest BCUT2D eigenvalue weighted by molar-refractivity contribution is -0.384. The van der Waals surface area contributed by atoms with Gasteiger partial charge in [0, 0.05) is 29.8 Å². The molecule has 0 spiro atoms. The van der Waals surface area contributed by atoms with Crippen molar-refractivity contribution in [2.24, 2.45) is 0 Å². The van der Waals surface area contributed by atoms with Crippen LogP contribution in [0.1, 0.15) is 30.5 Å². The molecule has 0 saturated carbocycles. The molecular formula is C17H15FN2O3. The third-order valence-corrected chi connectivity index (χ3v) is 4.15. The lowest BCUT2D eigenvalue weighted by atomic mass is 9.96. The topological polar surface area (TPSA) is 63.5 Å². The van der Waals surface area contributed by atoms with Crippen LogP contribution in [-0.2, 0) is 11.2 Å². The number of non-ortho nitro benzene ring substituents is 1. The zero-order valence-electron chi connectivity index (χ0n) is 12.5. The first-order valence-corrected chi connectivity index (χ1v) is 7.33. The minimum Gasteiger partial charge on any atom is -0.305 e. The van der Waals surface area contributed by atoms with Gasteiger partial charge < -0.3 is 4.90 Å². The lowest BCUT2D eigenvalue weighted by Gasteiger charge is -2.34. The number of hydrogen-bond donors (Lipinski definition) is 0. The zero-order chi connectivity index (χ0) is 16.6. The number of aryl methyl sites for hydroxylation is 1. The van der Waals surface area contributed by atoms with E-state index in [-0.39, 0.29) is 23.8 Å². The molecule has 3 rings (SSSR count). The van der Waals surface area contributed by atoms with Gasteiger partial charge in [-0.15, -0.1) is 0 Å². The van der Waals surface area contributed by atoms with Gasteiger partial charge in [0.15, 0.2) is 0 Å². The van der Waals surface area contributed by atoms with E-state index in [1.165, 1.54) is 23.1 Å². The van der Waals surface area contributed by atoms with Crippen molar-refractivity contribution in [2.45, 2.75) is 25.8 Å². The summed E-state index contributed by atoms with van der Waals surface area (Å²) in [6.45, 7) is 1.76. The maximum atomic E-state index is 14.0. The molecule has 0 aromatic heterocycles. The summed E-state index contributed by atoms with van der Waals surface area (Å²) < 4.78 is 14.0. The third-order valence-electron chi connectivity index (χ3n) is 4.15. The maximum absolute atomic E-state index is 14.0. The number of nitrogens with zero attached hydrogens (tertiary/aromatic N) is 2. The summed E-state index contributed by atoms with van der Waals surface area (Å²) in [5, 5.41) is 10.9. The van der Waals surface area contributed by atoms with Crippen LogP contribution in [0, 0.1) is 15.9 Å². The Morgan fingerprint density at radius 1 is 1.22 bits per heavy atom. The van der Waals surface area contributed by atoms with Gasteiger partial charge in [0.25, 0.3) is 5.69 Å². The molecule has 2 aromatic carbocycles. The molecule has 5 nitrogen and oxygen atoms in total. The summed E-state index contributed by atoms with van der Waals surface area (Å²) >= 11 is 0. The maximum Gasteiger partial charge on any atom is 0.269 e. The number of rotatable bonds is 3. The van der Waals surface area contributed by atoms with Crippen molar-refractivity contribution in [3.05, 3.63) is 69.5 Å². The van der Waals surface area contributed by atoms with Gasteiger partial charge in [-0.2, -0.15) is 0 Å². The number of anilines is 1. The number of benzene rings is 2. The van der Waals surface area contributed by atoms with Crippen molar-refractivity contribution in [3.63, 3.8) is 0 Å². The Labute approximate surface area is 132 Å². The normalized spacial score (nSPS) is 15.2. The number of nitro benzene ring substituents is 1. The van der Waals surface area contributed by atoms with E-state index in [2.05, 4.69) is 0 Å². The van der Waals surface area contributed by atoms with E-state index in [4.69, 9.17) is 0 Å². The number of amides is 1. The molecule has 1 amide bonds. The third kappa shape index (κ3) is 2.67. The average molecular weight is 314 g/mol. The molecule has 0 bridgehead atoms. The second kappa shape index (κ2) is 5.79. The Morgan fingerprint density at radius 2 is 1.96 bits per heavy atom. The molecule has 0 unspecified atom stereocenters. The number of fused-ring (bicyclic) bond motifs is 1. The average Bonchev–Trinajstić information content (AvgIpc) is 2.54. The molecule has 1 atom stereocenters. The van der Waals surface area contributed by atoms with E-state index in [0.717, 1.165) is 5.56 Å². The molecular weight excluding hydrogens is 299 g/mol. The minimum atomic E-state index is -0.482. The smallest absolute Gasteiger partial charge is 0.269 e. The molecule has 0 saturated heterocycles. The van der Waals surface area contributed by atoms with Gasteiger partial charge in [-0.3, -0.25) is 14.9 Å². The fraction of sp³-hybridized carbons (Fsp3) is 0.235. The number of hydrogen-bond acceptors (Lipinski definition) is 3. The lowest BCUT2D eigenvalue weighted by Crippen LogP contribution is -2.37. The van der Waals surface area contributed by atoms with Gasteiger partial charge in [-0.05, 0) is 31.0 Å². The summed E-state index contributed by atoms with van der Waals surface area (Å²) in [5.41, 5.74) is 1.77. The van der Waals surface area contributed by atoms with Crippen LogP contribution in [-0.4, -0.2) is 10.8 Å². The molecule has 0 N–H and O–H groups in total. The van der Waals surface area contributed by atoms with E-state index >= 15 is 0 Å². The summed E-state index contributed by atoms with van der Waals surface area (Å²) in [6.07, 6.45) is 0.712. The highest BCUT2D eigenvalue weighted by Gasteiger charge is 2.31. The summed E-state index contributed by atoms with van der Waals surface area (Å²) in [5.74, 6) is -0.482. The van der Waals surface area contributed by atoms with Crippen molar-refractivity contribution in [1.82, 2.24) is 0 Å². The molecule has 0 fully saturated rings. The highest BCUT2D eigenvalue weighted by molar-refractivity contribution is 5.97. The molecule has 6 heteroatoms. The van der Waals surface area contributed by atoms with Crippen LogP contribution in [0.2, 0.25) is 0 Å². The van der Waals surface area contributed by atoms with E-state index in [1.54, 1.807) is 31.2 Å². The van der Waals surface area contributed by atoms with Crippen LogP contribution in [0.5, 0.6) is 0 Å². The first kappa shape index (κ1) is 15.1. The Kier molecular flexibility index (Phi) is 3.82. The van der Waals surface area contributed by atoms with Crippen LogP contribution < -0.4 is 4.90 Å². The Balaban J connectivity index is 2.05. The Hall–Kier alpha value is -2.76. The van der Waals surface area contributed by atoms with Gasteiger partial charge in [-0.1, -0.05) is 18.2 Å². The van der Waals surface area contributed by atoms with Gasteiger partial charge in [-0.25, -0.2) is 4.39 Å². The minimum absolute atomic E-state index is 0.00315. The zero-order valence-corrected chi connectivity index (χ0v) is 12.5. The molecule has 1 aliphatic heterocycles. The molecule has 0 aliphatic carbocycles. The predicted octanol–water partition coefficient (Wildman–Crippen LogP) is 3.77. The van der Waals surface area contributed by atoms with Gasteiger partial charge in [0.2, 0.25) is 5.91 Å². The van der Waals surface area contributed by atoms with Crippen molar-refractivity contribution >= 4 is 17.3 Å². The van der Waals surface area contributed by atoms with E-state index < -0.39 is 11.0 Å². The van der Waals surface area contributed by atoms with Crippen molar-refractivity contribution in [1.29, 1.82) is 0 Å². The van der Waals surface area contributed by atoms with E-state index in [1.807, 2.05) is 0 Å². The number of halogens is 1. The van der Waals surface area contributed by atoms with Gasteiger partial charge >= 0.3 is 0 Å². The second-order valence-corrected chi connectivity index (χ2v) is 5.53. The molecule has 23 heavy (non-hydrogen) atoms. The van der Waals surface area contributed by atoms with Crippen molar-refractivity contribution < 1.29 is 14.1 Å². The van der Waals surface area contributed by atoms with Crippen molar-refractivity contribution in [3.8, 4) is 0 Å². The fourth-order valence-corrected chi connectivity index (χ4v) is 2.99. The van der Waals surface area contributed by atoms with Crippen LogP contribution >= 0.6 is 0 Å². The predicted molar refractivity (Wildman–Crippen MR) is 83.7 cm³/mol. The van der Waals surface area contributed by atoms with Crippen LogP contribution in [0.3, 0.4) is 0 Å². The molecule has 1 heterocycles. The highest BCUT2D eigenvalue weighted by Crippen LogP contribution is 2.37. The first-order chi connectivity index (χ1) is 11.0. The molecule has 118 valence electrons. The summed E-state index contributed by atoms with van der Waals surface area (Å²) in [6, 6.07) is 10.3. The monoisotopic (exact) mass is 314 g/mol. The largest absolute Gasteiger partial charge is 0.305 e. The summed E-state index contributed by atoms with van der Waals surface area (Å²) in [4.78, 5) is 24.4. The molecule has 1 aliphatic rings. The quantitative estimate of drug-likeness (QED) is 0.640. The van der Waals surface area contributed by atoms with Gasteiger partial charge in [0.05, 0.1) is 11.0 Å². The SMILES string of the molecule is C[C@@H](c1ccccc1F)N1C(=O)CCc2cc([N+](=O)[O-])ccc21. The van der Waals surface area contributed by atoms with Gasteiger partial charge in [0.1, 0.15) is 5.82 Å². The molecule has 0 radical (unpaired) electrons. The number of carbonyl (C=O) groups excluding carboxylic acids is 1. The second-order valence-electron chi connectivity index (χ2n) is 5.53. The molecule has 2 aromatic rings. The fourth-order valence-electron chi connectivity index (χ4n) is 2.99. The van der Waals surface area contributed by atoms with Crippen LogP contribution in [0.15, 0.2) is 42.5 Å². The Bertz CT molecular complexity index is 791. The first-order valence-electron chi connectivity index (χ1n) is 7.33. The van der Waals surface area contributed by atoms with Crippen LogP contribution in [0.25, 0.3) is 0 Å². The number of nitro groups is 1.